The minimum Gasteiger partial charge on any atom is -0.396 e. The molecular formula is C14H17FN2O3. The largest absolute Gasteiger partial charge is 0.396 e. The summed E-state index contributed by atoms with van der Waals surface area (Å²) in [6, 6.07) is 3.97. The van der Waals surface area contributed by atoms with E-state index < -0.39 is 17.6 Å². The molecule has 0 spiro atoms. The van der Waals surface area contributed by atoms with E-state index in [9.17, 15) is 14.0 Å². The molecule has 0 radical (unpaired) electrons. The zero-order chi connectivity index (χ0) is 14.8. The Morgan fingerprint density at radius 1 is 1.35 bits per heavy atom. The van der Waals surface area contributed by atoms with E-state index in [0.29, 0.717) is 5.56 Å². The average molecular weight is 280 g/mol. The Hall–Kier alpha value is -1.95. The van der Waals surface area contributed by atoms with Crippen LogP contribution in [-0.4, -0.2) is 30.1 Å². The highest BCUT2D eigenvalue weighted by atomic mass is 19.1. The number of rotatable bonds is 4. The van der Waals surface area contributed by atoms with E-state index in [1.54, 1.807) is 6.92 Å². The van der Waals surface area contributed by atoms with Crippen molar-refractivity contribution in [3.63, 3.8) is 0 Å². The summed E-state index contributed by atoms with van der Waals surface area (Å²) >= 11 is 0. The number of aliphatic hydroxyl groups excluding tert-OH is 1. The normalized spacial score (nSPS) is 15.6. The number of halogens is 1. The Balaban J connectivity index is 1.90. The molecule has 0 saturated heterocycles. The third-order valence-electron chi connectivity index (χ3n) is 3.57. The molecule has 0 aliphatic heterocycles. The van der Waals surface area contributed by atoms with Crippen LogP contribution in [0, 0.1) is 18.2 Å². The number of amides is 2. The number of aliphatic hydroxyl groups is 1. The summed E-state index contributed by atoms with van der Waals surface area (Å²) < 4.78 is 13.1. The van der Waals surface area contributed by atoms with Gasteiger partial charge in [-0.3, -0.25) is 9.59 Å². The van der Waals surface area contributed by atoms with Gasteiger partial charge in [0.25, 0.3) is 0 Å². The van der Waals surface area contributed by atoms with E-state index in [1.807, 2.05) is 0 Å². The first kappa shape index (κ1) is 14.5. The summed E-state index contributed by atoms with van der Waals surface area (Å²) in [7, 11) is 0. The average Bonchev–Trinajstić information content (AvgIpc) is 3.21. The van der Waals surface area contributed by atoms with Crippen molar-refractivity contribution in [1.29, 1.82) is 0 Å². The van der Waals surface area contributed by atoms with Crippen LogP contribution in [0.1, 0.15) is 18.4 Å². The van der Waals surface area contributed by atoms with Crippen molar-refractivity contribution in [2.45, 2.75) is 19.8 Å². The maximum atomic E-state index is 13.1. The lowest BCUT2D eigenvalue weighted by Crippen LogP contribution is -2.39. The van der Waals surface area contributed by atoms with E-state index in [0.717, 1.165) is 18.9 Å². The molecule has 1 aromatic carbocycles. The van der Waals surface area contributed by atoms with Crippen molar-refractivity contribution in [3.05, 3.63) is 29.6 Å². The highest BCUT2D eigenvalue weighted by Gasteiger charge is 2.42. The molecule has 0 atom stereocenters. The number of hydrogen-bond donors (Lipinski definition) is 3. The molecule has 0 aromatic heterocycles. The second-order valence-electron chi connectivity index (χ2n) is 5.25. The van der Waals surface area contributed by atoms with Gasteiger partial charge in [-0.1, -0.05) is 6.07 Å². The Bertz CT molecular complexity index is 541. The van der Waals surface area contributed by atoms with Gasteiger partial charge in [0.05, 0.1) is 6.61 Å². The van der Waals surface area contributed by atoms with Crippen LogP contribution >= 0.6 is 0 Å². The molecule has 0 bridgehead atoms. The van der Waals surface area contributed by atoms with Crippen molar-refractivity contribution < 1.29 is 19.1 Å². The van der Waals surface area contributed by atoms with Crippen molar-refractivity contribution in [3.8, 4) is 0 Å². The van der Waals surface area contributed by atoms with Crippen molar-refractivity contribution >= 4 is 17.5 Å². The molecular weight excluding hydrogens is 263 g/mol. The number of nitrogens with one attached hydrogen (secondary N) is 2. The molecule has 2 amide bonds. The fourth-order valence-corrected chi connectivity index (χ4v) is 1.82. The van der Waals surface area contributed by atoms with Gasteiger partial charge < -0.3 is 15.7 Å². The van der Waals surface area contributed by atoms with Crippen LogP contribution in [0.5, 0.6) is 0 Å². The monoisotopic (exact) mass is 280 g/mol. The first-order chi connectivity index (χ1) is 9.46. The molecule has 1 fully saturated rings. The second-order valence-corrected chi connectivity index (χ2v) is 5.25. The molecule has 2 rings (SSSR count). The van der Waals surface area contributed by atoms with Gasteiger partial charge in [0.15, 0.2) is 0 Å². The van der Waals surface area contributed by atoms with Gasteiger partial charge in [-0.2, -0.15) is 0 Å². The maximum absolute atomic E-state index is 13.1. The summed E-state index contributed by atoms with van der Waals surface area (Å²) in [4.78, 5) is 23.3. The van der Waals surface area contributed by atoms with Gasteiger partial charge in [-0.25, -0.2) is 4.39 Å². The predicted octanol–water partition coefficient (Wildman–Crippen LogP) is 0.961. The van der Waals surface area contributed by atoms with Crippen LogP contribution in [0.15, 0.2) is 18.2 Å². The number of carbonyl (C=O) groups is 2. The fourth-order valence-electron chi connectivity index (χ4n) is 1.82. The zero-order valence-electron chi connectivity index (χ0n) is 11.2. The number of benzene rings is 1. The highest BCUT2D eigenvalue weighted by Crippen LogP contribution is 2.44. The van der Waals surface area contributed by atoms with Gasteiger partial charge in [0, 0.05) is 17.6 Å². The van der Waals surface area contributed by atoms with Crippen molar-refractivity contribution in [2.24, 2.45) is 5.41 Å². The molecule has 1 aliphatic rings. The van der Waals surface area contributed by atoms with Gasteiger partial charge in [-0.05, 0) is 37.5 Å². The molecule has 20 heavy (non-hydrogen) atoms. The van der Waals surface area contributed by atoms with Crippen LogP contribution in [0.25, 0.3) is 0 Å². The lowest BCUT2D eigenvalue weighted by molar-refractivity contribution is -0.136. The summed E-state index contributed by atoms with van der Waals surface area (Å²) in [5, 5.41) is 14.0. The summed E-state index contributed by atoms with van der Waals surface area (Å²) in [5.74, 6) is -2.11. The van der Waals surface area contributed by atoms with E-state index in [2.05, 4.69) is 10.6 Å². The minimum absolute atomic E-state index is 0.00208. The van der Waals surface area contributed by atoms with Crippen molar-refractivity contribution in [1.82, 2.24) is 5.32 Å². The van der Waals surface area contributed by atoms with Gasteiger partial charge in [0.2, 0.25) is 0 Å². The van der Waals surface area contributed by atoms with Crippen LogP contribution in [-0.2, 0) is 9.59 Å². The molecule has 3 N–H and O–H groups in total. The molecule has 0 unspecified atom stereocenters. The van der Waals surface area contributed by atoms with E-state index in [1.165, 1.54) is 12.1 Å². The van der Waals surface area contributed by atoms with Crippen LogP contribution in [0.2, 0.25) is 0 Å². The molecule has 6 heteroatoms. The van der Waals surface area contributed by atoms with Crippen molar-refractivity contribution in [2.75, 3.05) is 18.5 Å². The molecule has 5 nitrogen and oxygen atoms in total. The quantitative estimate of drug-likeness (QED) is 0.719. The second kappa shape index (κ2) is 5.58. The first-order valence-electron chi connectivity index (χ1n) is 6.42. The third-order valence-corrected chi connectivity index (χ3v) is 3.57. The summed E-state index contributed by atoms with van der Waals surface area (Å²) in [5.41, 5.74) is 0.681. The highest BCUT2D eigenvalue weighted by molar-refractivity contribution is 6.39. The van der Waals surface area contributed by atoms with Crippen LogP contribution < -0.4 is 10.6 Å². The maximum Gasteiger partial charge on any atom is 0.313 e. The fraction of sp³-hybridized carbons (Fsp3) is 0.429. The smallest absolute Gasteiger partial charge is 0.313 e. The third kappa shape index (κ3) is 3.33. The Morgan fingerprint density at radius 2 is 2.05 bits per heavy atom. The minimum atomic E-state index is -0.840. The number of anilines is 1. The number of hydrogen-bond acceptors (Lipinski definition) is 3. The van der Waals surface area contributed by atoms with E-state index in [-0.39, 0.29) is 24.3 Å². The van der Waals surface area contributed by atoms with E-state index in [4.69, 9.17) is 5.11 Å². The van der Waals surface area contributed by atoms with Gasteiger partial charge in [0.1, 0.15) is 5.82 Å². The van der Waals surface area contributed by atoms with E-state index >= 15 is 0 Å². The van der Waals surface area contributed by atoms with Gasteiger partial charge in [-0.15, -0.1) is 0 Å². The molecule has 1 aliphatic carbocycles. The predicted molar refractivity (Wildman–Crippen MR) is 71.5 cm³/mol. The number of carbonyl (C=O) groups excluding carboxylic acids is 2. The Labute approximate surface area is 116 Å². The first-order valence-corrected chi connectivity index (χ1v) is 6.42. The molecule has 108 valence electrons. The molecule has 1 aromatic rings. The summed E-state index contributed by atoms with van der Waals surface area (Å²) in [6.07, 6.45) is 1.68. The lowest BCUT2D eigenvalue weighted by atomic mass is 10.1. The Kier molecular flexibility index (Phi) is 4.04. The van der Waals surface area contributed by atoms with Gasteiger partial charge >= 0.3 is 11.8 Å². The zero-order valence-corrected chi connectivity index (χ0v) is 11.2. The number of aryl methyl sites for hydroxylation is 1. The van der Waals surface area contributed by atoms with Crippen LogP contribution in [0.3, 0.4) is 0 Å². The molecule has 1 saturated carbocycles. The molecule has 0 heterocycles. The SMILES string of the molecule is Cc1ccc(F)cc1NC(=O)C(=O)NCC1(CO)CC1. The summed E-state index contributed by atoms with van der Waals surface area (Å²) in [6.45, 7) is 1.98. The Morgan fingerprint density at radius 3 is 2.65 bits per heavy atom. The standard InChI is InChI=1S/C14H17FN2O3/c1-9-2-3-10(15)6-11(9)17-13(20)12(19)16-7-14(8-18)4-5-14/h2-3,6,18H,4-5,7-8H2,1H3,(H,16,19)(H,17,20). The topological polar surface area (TPSA) is 78.4 Å². The van der Waals surface area contributed by atoms with Crippen LogP contribution in [0.4, 0.5) is 10.1 Å². The lowest BCUT2D eigenvalue weighted by Gasteiger charge is -2.13.